The van der Waals surface area contributed by atoms with Gasteiger partial charge in [0.25, 0.3) is 0 Å². The van der Waals surface area contributed by atoms with Gasteiger partial charge in [0, 0.05) is 30.6 Å². The van der Waals surface area contributed by atoms with Gasteiger partial charge >= 0.3 is 11.9 Å². The van der Waals surface area contributed by atoms with E-state index in [1.165, 1.54) is 7.11 Å². The van der Waals surface area contributed by atoms with Crippen LogP contribution in [0.25, 0.3) is 10.9 Å². The number of carbonyl (C=O) groups is 2. The topological polar surface area (TPSA) is 66.8 Å². The summed E-state index contributed by atoms with van der Waals surface area (Å²) in [5.74, 6) is 0.0872. The van der Waals surface area contributed by atoms with Crippen LogP contribution in [0.1, 0.15) is 52.7 Å². The fourth-order valence-electron chi connectivity index (χ4n) is 4.51. The van der Waals surface area contributed by atoms with Crippen LogP contribution in [0, 0.1) is 0 Å². The van der Waals surface area contributed by atoms with Crippen molar-refractivity contribution < 1.29 is 23.8 Å². The highest BCUT2D eigenvalue weighted by Crippen LogP contribution is 2.29. The Morgan fingerprint density at radius 3 is 2.53 bits per heavy atom. The van der Waals surface area contributed by atoms with Gasteiger partial charge in [0.15, 0.2) is 0 Å². The molecule has 0 radical (unpaired) electrons. The van der Waals surface area contributed by atoms with Crippen molar-refractivity contribution in [3.63, 3.8) is 0 Å². The van der Waals surface area contributed by atoms with E-state index < -0.39 is 5.97 Å². The Hall–Kier alpha value is -3.28. The van der Waals surface area contributed by atoms with Crippen LogP contribution in [0.3, 0.4) is 0 Å². The van der Waals surface area contributed by atoms with E-state index in [4.69, 9.17) is 14.2 Å². The number of rotatable bonds is 7. The Labute approximate surface area is 188 Å². The maximum Gasteiger partial charge on any atom is 0.337 e. The molecule has 0 saturated heterocycles. The lowest BCUT2D eigenvalue weighted by atomic mass is 10.00. The first-order chi connectivity index (χ1) is 15.5. The molecule has 1 heterocycles. The molecular weight excluding hydrogens is 406 g/mol. The third-order valence-electron chi connectivity index (χ3n) is 6.17. The zero-order valence-electron chi connectivity index (χ0n) is 18.8. The summed E-state index contributed by atoms with van der Waals surface area (Å²) in [4.78, 5) is 24.2. The first kappa shape index (κ1) is 21.9. The molecule has 1 aliphatic carbocycles. The molecule has 1 fully saturated rings. The van der Waals surface area contributed by atoms with E-state index in [1.54, 1.807) is 19.2 Å². The summed E-state index contributed by atoms with van der Waals surface area (Å²) in [7, 11) is 4.97. The SMILES string of the molecule is COC(=O)c1ccc(Cc2cn(C)c3ccc(CC(=O)OC4CCCC4)cc23)c(OC)c1. The number of esters is 2. The summed E-state index contributed by atoms with van der Waals surface area (Å²) >= 11 is 0. The minimum Gasteiger partial charge on any atom is -0.496 e. The summed E-state index contributed by atoms with van der Waals surface area (Å²) in [6, 6.07) is 11.5. The number of carbonyl (C=O) groups excluding carboxylic acids is 2. The van der Waals surface area contributed by atoms with Gasteiger partial charge in [-0.2, -0.15) is 0 Å². The number of methoxy groups -OCH3 is 2. The Bertz CT molecular complexity index is 1140. The quantitative estimate of drug-likeness (QED) is 0.508. The Balaban J connectivity index is 1.58. The van der Waals surface area contributed by atoms with Crippen LogP contribution < -0.4 is 4.74 Å². The average molecular weight is 436 g/mol. The molecule has 2 aromatic carbocycles. The fourth-order valence-corrected chi connectivity index (χ4v) is 4.51. The van der Waals surface area contributed by atoms with Gasteiger partial charge in [-0.05, 0) is 66.6 Å². The Morgan fingerprint density at radius 1 is 1.03 bits per heavy atom. The number of nitrogens with zero attached hydrogens (tertiary/aromatic N) is 1. The maximum absolute atomic E-state index is 12.4. The van der Waals surface area contributed by atoms with Crippen molar-refractivity contribution in [1.29, 1.82) is 0 Å². The summed E-state index contributed by atoms with van der Waals surface area (Å²) in [5.41, 5.74) is 4.59. The third kappa shape index (κ3) is 4.64. The highest BCUT2D eigenvalue weighted by Gasteiger charge is 2.20. The van der Waals surface area contributed by atoms with E-state index in [2.05, 4.69) is 22.9 Å². The van der Waals surface area contributed by atoms with Gasteiger partial charge in [-0.1, -0.05) is 12.1 Å². The third-order valence-corrected chi connectivity index (χ3v) is 6.17. The number of benzene rings is 2. The number of fused-ring (bicyclic) bond motifs is 1. The number of aryl methyl sites for hydroxylation is 1. The predicted octanol–water partition coefficient (Wildman–Crippen LogP) is 4.59. The zero-order chi connectivity index (χ0) is 22.7. The molecule has 0 aliphatic heterocycles. The minimum absolute atomic E-state index is 0.0824. The lowest BCUT2D eigenvalue weighted by molar-refractivity contribution is -0.147. The molecule has 0 amide bonds. The number of hydrogen-bond acceptors (Lipinski definition) is 5. The smallest absolute Gasteiger partial charge is 0.337 e. The number of ether oxygens (including phenoxy) is 3. The molecule has 0 N–H and O–H groups in total. The molecule has 0 unspecified atom stereocenters. The predicted molar refractivity (Wildman–Crippen MR) is 122 cm³/mol. The average Bonchev–Trinajstić information content (AvgIpc) is 3.41. The zero-order valence-corrected chi connectivity index (χ0v) is 18.8. The van der Waals surface area contributed by atoms with Crippen LogP contribution in [-0.2, 0) is 34.2 Å². The Morgan fingerprint density at radius 2 is 1.81 bits per heavy atom. The van der Waals surface area contributed by atoms with Crippen molar-refractivity contribution in [3.05, 3.63) is 64.8 Å². The van der Waals surface area contributed by atoms with Crippen LogP contribution in [-0.4, -0.2) is 36.8 Å². The molecule has 6 heteroatoms. The second-order valence-corrected chi connectivity index (χ2v) is 8.38. The maximum atomic E-state index is 12.4. The van der Waals surface area contributed by atoms with Crippen LogP contribution in [0.2, 0.25) is 0 Å². The van der Waals surface area contributed by atoms with Crippen LogP contribution in [0.15, 0.2) is 42.6 Å². The van der Waals surface area contributed by atoms with E-state index >= 15 is 0 Å². The summed E-state index contributed by atoms with van der Waals surface area (Å²) < 4.78 is 18.1. The van der Waals surface area contributed by atoms with Crippen LogP contribution in [0.5, 0.6) is 5.75 Å². The normalized spacial score (nSPS) is 14.0. The largest absolute Gasteiger partial charge is 0.496 e. The lowest BCUT2D eigenvalue weighted by Crippen LogP contribution is -2.16. The minimum atomic E-state index is -0.394. The highest BCUT2D eigenvalue weighted by molar-refractivity contribution is 5.90. The highest BCUT2D eigenvalue weighted by atomic mass is 16.5. The van der Waals surface area contributed by atoms with E-state index in [0.717, 1.165) is 53.3 Å². The van der Waals surface area contributed by atoms with Crippen LogP contribution >= 0.6 is 0 Å². The van der Waals surface area contributed by atoms with Crippen molar-refractivity contribution >= 4 is 22.8 Å². The van der Waals surface area contributed by atoms with Gasteiger partial charge in [-0.25, -0.2) is 4.79 Å². The molecule has 168 valence electrons. The molecule has 6 nitrogen and oxygen atoms in total. The molecule has 1 aliphatic rings. The molecule has 4 rings (SSSR count). The number of aromatic nitrogens is 1. The standard InChI is InChI=1S/C26H29NO5/c1-27-16-20(14-18-9-10-19(26(29)31-3)15-24(18)30-2)22-12-17(8-11-23(22)27)13-25(28)32-21-6-4-5-7-21/h8-12,15-16,21H,4-7,13-14H2,1-3H3. The van der Waals surface area contributed by atoms with Crippen molar-refractivity contribution in [1.82, 2.24) is 4.57 Å². The van der Waals surface area contributed by atoms with E-state index in [1.807, 2.05) is 19.2 Å². The van der Waals surface area contributed by atoms with E-state index in [-0.39, 0.29) is 18.5 Å². The summed E-state index contributed by atoms with van der Waals surface area (Å²) in [6.07, 6.45) is 7.32. The molecule has 1 saturated carbocycles. The molecule has 0 spiro atoms. The van der Waals surface area contributed by atoms with Crippen LogP contribution in [0.4, 0.5) is 0 Å². The molecule has 1 aromatic heterocycles. The first-order valence-corrected chi connectivity index (χ1v) is 11.0. The molecule has 3 aromatic rings. The molecule has 32 heavy (non-hydrogen) atoms. The molecule has 0 bridgehead atoms. The second-order valence-electron chi connectivity index (χ2n) is 8.38. The van der Waals surface area contributed by atoms with Crippen molar-refractivity contribution in [2.45, 2.75) is 44.6 Å². The fraction of sp³-hybridized carbons (Fsp3) is 0.385. The van der Waals surface area contributed by atoms with Gasteiger partial charge in [0.1, 0.15) is 11.9 Å². The monoisotopic (exact) mass is 435 g/mol. The number of hydrogen-bond donors (Lipinski definition) is 0. The Kier molecular flexibility index (Phi) is 6.49. The first-order valence-electron chi connectivity index (χ1n) is 11.0. The molecule has 0 atom stereocenters. The summed E-state index contributed by atoms with van der Waals surface area (Å²) in [5, 5.41) is 1.10. The van der Waals surface area contributed by atoms with Crippen molar-refractivity contribution in [2.24, 2.45) is 7.05 Å². The van der Waals surface area contributed by atoms with Gasteiger partial charge in [-0.15, -0.1) is 0 Å². The van der Waals surface area contributed by atoms with Gasteiger partial charge in [-0.3, -0.25) is 4.79 Å². The van der Waals surface area contributed by atoms with E-state index in [9.17, 15) is 9.59 Å². The van der Waals surface area contributed by atoms with Gasteiger partial charge in [0.2, 0.25) is 0 Å². The second kappa shape index (κ2) is 9.47. The van der Waals surface area contributed by atoms with Gasteiger partial charge < -0.3 is 18.8 Å². The van der Waals surface area contributed by atoms with E-state index in [0.29, 0.717) is 17.7 Å². The lowest BCUT2D eigenvalue weighted by Gasteiger charge is -2.12. The molecular formula is C26H29NO5. The summed E-state index contributed by atoms with van der Waals surface area (Å²) in [6.45, 7) is 0. The van der Waals surface area contributed by atoms with Gasteiger partial charge in [0.05, 0.1) is 26.2 Å². The van der Waals surface area contributed by atoms with Crippen molar-refractivity contribution in [2.75, 3.05) is 14.2 Å². The van der Waals surface area contributed by atoms with Crippen molar-refractivity contribution in [3.8, 4) is 5.75 Å².